The van der Waals surface area contributed by atoms with E-state index in [2.05, 4.69) is 50.0 Å². The first-order valence-electron chi connectivity index (χ1n) is 8.36. The Morgan fingerprint density at radius 2 is 2.00 bits per heavy atom. The standard InChI is InChI=1S/C18H25N5/c1-15-13-18(21-14-20-15)22(2)17-7-11-23(12-8-17)10-6-16-5-3-4-9-19-16/h3-5,9,13-14,17H,6-8,10-12H2,1-2H3. The summed E-state index contributed by atoms with van der Waals surface area (Å²) in [4.78, 5) is 17.8. The van der Waals surface area contributed by atoms with Crippen molar-refractivity contribution in [1.82, 2.24) is 19.9 Å². The van der Waals surface area contributed by atoms with Crippen molar-refractivity contribution in [2.75, 3.05) is 31.6 Å². The summed E-state index contributed by atoms with van der Waals surface area (Å²) in [6.45, 7) is 5.40. The van der Waals surface area contributed by atoms with Gasteiger partial charge < -0.3 is 9.80 Å². The highest BCUT2D eigenvalue weighted by molar-refractivity contribution is 5.39. The van der Waals surface area contributed by atoms with E-state index in [0.717, 1.165) is 37.6 Å². The van der Waals surface area contributed by atoms with E-state index < -0.39 is 0 Å². The third-order valence-corrected chi connectivity index (χ3v) is 4.67. The summed E-state index contributed by atoms with van der Waals surface area (Å²) >= 11 is 0. The molecule has 0 unspecified atom stereocenters. The number of rotatable bonds is 5. The Bertz CT molecular complexity index is 608. The maximum atomic E-state index is 4.41. The van der Waals surface area contributed by atoms with Crippen molar-refractivity contribution in [1.29, 1.82) is 0 Å². The third kappa shape index (κ3) is 4.26. The second kappa shape index (κ2) is 7.51. The molecule has 0 amide bonds. The van der Waals surface area contributed by atoms with Crippen molar-refractivity contribution in [2.45, 2.75) is 32.2 Å². The topological polar surface area (TPSA) is 45.2 Å². The number of aryl methyl sites for hydroxylation is 1. The van der Waals surface area contributed by atoms with E-state index in [1.54, 1.807) is 6.33 Å². The molecule has 0 aromatic carbocycles. The molecule has 23 heavy (non-hydrogen) atoms. The Labute approximate surface area is 138 Å². The van der Waals surface area contributed by atoms with Crippen molar-refractivity contribution < 1.29 is 0 Å². The van der Waals surface area contributed by atoms with Crippen LogP contribution < -0.4 is 4.90 Å². The minimum absolute atomic E-state index is 0.565. The van der Waals surface area contributed by atoms with Gasteiger partial charge in [-0.15, -0.1) is 0 Å². The third-order valence-electron chi connectivity index (χ3n) is 4.67. The molecule has 0 spiro atoms. The van der Waals surface area contributed by atoms with E-state index in [1.165, 1.54) is 18.5 Å². The molecule has 1 saturated heterocycles. The molecule has 3 rings (SSSR count). The van der Waals surface area contributed by atoms with Crippen LogP contribution in [-0.4, -0.2) is 52.6 Å². The predicted octanol–water partition coefficient (Wildman–Crippen LogP) is 2.32. The van der Waals surface area contributed by atoms with Gasteiger partial charge in [0.1, 0.15) is 12.1 Å². The minimum Gasteiger partial charge on any atom is -0.356 e. The molecule has 0 atom stereocenters. The highest BCUT2D eigenvalue weighted by atomic mass is 15.2. The Hall–Kier alpha value is -2.01. The lowest BCUT2D eigenvalue weighted by Gasteiger charge is -2.37. The molecule has 0 aliphatic carbocycles. The number of likely N-dealkylation sites (tertiary alicyclic amines) is 1. The monoisotopic (exact) mass is 311 g/mol. The SMILES string of the molecule is Cc1cc(N(C)C2CCN(CCc3ccccn3)CC2)ncn1. The summed E-state index contributed by atoms with van der Waals surface area (Å²) in [6, 6.07) is 8.77. The van der Waals surface area contributed by atoms with Crippen molar-refractivity contribution in [3.63, 3.8) is 0 Å². The van der Waals surface area contributed by atoms with Gasteiger partial charge in [0.15, 0.2) is 0 Å². The van der Waals surface area contributed by atoms with Crippen molar-refractivity contribution in [3.8, 4) is 0 Å². The maximum Gasteiger partial charge on any atom is 0.132 e. The zero-order valence-corrected chi connectivity index (χ0v) is 14.0. The number of anilines is 1. The fraction of sp³-hybridized carbons (Fsp3) is 0.500. The highest BCUT2D eigenvalue weighted by Gasteiger charge is 2.23. The molecule has 1 aliphatic heterocycles. The van der Waals surface area contributed by atoms with Crippen LogP contribution in [0.3, 0.4) is 0 Å². The van der Waals surface area contributed by atoms with Gasteiger partial charge in [-0.3, -0.25) is 4.98 Å². The lowest BCUT2D eigenvalue weighted by atomic mass is 10.0. The van der Waals surface area contributed by atoms with E-state index in [0.29, 0.717) is 6.04 Å². The van der Waals surface area contributed by atoms with Crippen LogP contribution in [0.1, 0.15) is 24.2 Å². The highest BCUT2D eigenvalue weighted by Crippen LogP contribution is 2.20. The molecule has 3 heterocycles. The van der Waals surface area contributed by atoms with E-state index in [4.69, 9.17) is 0 Å². The Morgan fingerprint density at radius 3 is 2.70 bits per heavy atom. The van der Waals surface area contributed by atoms with Gasteiger partial charge >= 0.3 is 0 Å². The number of pyridine rings is 1. The summed E-state index contributed by atoms with van der Waals surface area (Å²) in [5, 5.41) is 0. The smallest absolute Gasteiger partial charge is 0.132 e. The fourth-order valence-corrected chi connectivity index (χ4v) is 3.17. The summed E-state index contributed by atoms with van der Waals surface area (Å²) in [6.07, 6.45) is 6.93. The molecule has 122 valence electrons. The van der Waals surface area contributed by atoms with Crippen LogP contribution in [0.2, 0.25) is 0 Å². The van der Waals surface area contributed by atoms with Crippen LogP contribution in [0, 0.1) is 6.92 Å². The molecule has 1 fully saturated rings. The van der Waals surface area contributed by atoms with Crippen LogP contribution >= 0.6 is 0 Å². The van der Waals surface area contributed by atoms with Gasteiger partial charge in [-0.05, 0) is 31.9 Å². The average Bonchev–Trinajstić information content (AvgIpc) is 2.61. The summed E-state index contributed by atoms with van der Waals surface area (Å²) in [7, 11) is 2.15. The molecule has 0 radical (unpaired) electrons. The molecule has 0 saturated carbocycles. The lowest BCUT2D eigenvalue weighted by molar-refractivity contribution is 0.212. The summed E-state index contributed by atoms with van der Waals surface area (Å²) in [5.41, 5.74) is 2.21. The first-order valence-corrected chi connectivity index (χ1v) is 8.36. The summed E-state index contributed by atoms with van der Waals surface area (Å²) in [5.74, 6) is 1.03. The van der Waals surface area contributed by atoms with Crippen molar-refractivity contribution >= 4 is 5.82 Å². The Kier molecular flexibility index (Phi) is 5.18. The van der Waals surface area contributed by atoms with Gasteiger partial charge in [0.25, 0.3) is 0 Å². The van der Waals surface area contributed by atoms with Gasteiger partial charge in [0.05, 0.1) is 0 Å². The van der Waals surface area contributed by atoms with Gasteiger partial charge in [-0.25, -0.2) is 9.97 Å². The maximum absolute atomic E-state index is 4.41. The molecule has 0 N–H and O–H groups in total. The van der Waals surface area contributed by atoms with Crippen LogP contribution in [0.5, 0.6) is 0 Å². The average molecular weight is 311 g/mol. The zero-order valence-electron chi connectivity index (χ0n) is 14.0. The van der Waals surface area contributed by atoms with Gasteiger partial charge in [0.2, 0.25) is 0 Å². The van der Waals surface area contributed by atoms with Crippen LogP contribution in [0.4, 0.5) is 5.82 Å². The number of hydrogen-bond acceptors (Lipinski definition) is 5. The molecule has 0 bridgehead atoms. The van der Waals surface area contributed by atoms with Gasteiger partial charge in [0, 0.05) is 62.8 Å². The molecule has 5 heteroatoms. The van der Waals surface area contributed by atoms with E-state index >= 15 is 0 Å². The fourth-order valence-electron chi connectivity index (χ4n) is 3.17. The van der Waals surface area contributed by atoms with Crippen LogP contribution in [0.25, 0.3) is 0 Å². The van der Waals surface area contributed by atoms with E-state index in [9.17, 15) is 0 Å². The van der Waals surface area contributed by atoms with Gasteiger partial charge in [-0.1, -0.05) is 6.07 Å². The van der Waals surface area contributed by atoms with E-state index in [1.807, 2.05) is 19.2 Å². The molecular weight excluding hydrogens is 286 g/mol. The number of hydrogen-bond donors (Lipinski definition) is 0. The van der Waals surface area contributed by atoms with Crippen LogP contribution in [0.15, 0.2) is 36.8 Å². The van der Waals surface area contributed by atoms with Crippen molar-refractivity contribution in [3.05, 3.63) is 48.2 Å². The van der Waals surface area contributed by atoms with Gasteiger partial charge in [-0.2, -0.15) is 0 Å². The second-order valence-corrected chi connectivity index (χ2v) is 6.27. The van der Waals surface area contributed by atoms with E-state index in [-0.39, 0.29) is 0 Å². The Balaban J connectivity index is 1.48. The largest absolute Gasteiger partial charge is 0.356 e. The number of piperidine rings is 1. The number of nitrogens with zero attached hydrogens (tertiary/aromatic N) is 5. The predicted molar refractivity (Wildman–Crippen MR) is 92.6 cm³/mol. The normalized spacial score (nSPS) is 16.4. The Morgan fingerprint density at radius 1 is 1.17 bits per heavy atom. The van der Waals surface area contributed by atoms with Crippen molar-refractivity contribution in [2.24, 2.45) is 0 Å². The molecule has 1 aliphatic rings. The zero-order chi connectivity index (χ0) is 16.1. The minimum atomic E-state index is 0.565. The quantitative estimate of drug-likeness (QED) is 0.848. The number of aromatic nitrogens is 3. The summed E-state index contributed by atoms with van der Waals surface area (Å²) < 4.78 is 0. The first-order chi connectivity index (χ1) is 11.2. The molecule has 5 nitrogen and oxygen atoms in total. The first kappa shape index (κ1) is 15.9. The molecule has 2 aromatic heterocycles. The lowest BCUT2D eigenvalue weighted by Crippen LogP contribution is -2.44. The molecular formula is C18H25N5. The molecule has 2 aromatic rings. The van der Waals surface area contributed by atoms with Crippen LogP contribution in [-0.2, 0) is 6.42 Å². The second-order valence-electron chi connectivity index (χ2n) is 6.27.